The van der Waals surface area contributed by atoms with Gasteiger partial charge in [-0.2, -0.15) is 0 Å². The van der Waals surface area contributed by atoms with Gasteiger partial charge in [-0.1, -0.05) is 6.07 Å². The van der Waals surface area contributed by atoms with Crippen LogP contribution < -0.4 is 11.1 Å². The van der Waals surface area contributed by atoms with Crippen molar-refractivity contribution in [3.63, 3.8) is 0 Å². The van der Waals surface area contributed by atoms with Gasteiger partial charge in [0, 0.05) is 5.56 Å². The molecule has 1 unspecified atom stereocenters. The Morgan fingerprint density at radius 2 is 1.90 bits per heavy atom. The highest BCUT2D eigenvalue weighted by Crippen LogP contribution is 2.07. The van der Waals surface area contributed by atoms with Gasteiger partial charge in [-0.25, -0.2) is 9.59 Å². The van der Waals surface area contributed by atoms with Gasteiger partial charge in [0.2, 0.25) is 5.91 Å². The number of primary amides is 1. The second kappa shape index (κ2) is 7.04. The van der Waals surface area contributed by atoms with Crippen LogP contribution in [-0.4, -0.2) is 42.0 Å². The summed E-state index contributed by atoms with van der Waals surface area (Å²) in [5.74, 6) is -3.61. The first-order valence-electron chi connectivity index (χ1n) is 5.85. The van der Waals surface area contributed by atoms with Crippen molar-refractivity contribution in [1.29, 1.82) is 0 Å². The lowest BCUT2D eigenvalue weighted by atomic mass is 10.1. The molecule has 8 nitrogen and oxygen atoms in total. The molecule has 0 aliphatic rings. The van der Waals surface area contributed by atoms with Gasteiger partial charge in [0.25, 0.3) is 5.91 Å². The van der Waals surface area contributed by atoms with E-state index in [1.54, 1.807) is 0 Å². The lowest BCUT2D eigenvalue weighted by molar-refractivity contribution is -0.140. The predicted octanol–water partition coefficient (Wildman–Crippen LogP) is -0.468. The molecule has 1 aromatic rings. The number of hydrogen-bond acceptors (Lipinski definition) is 5. The molecule has 0 spiro atoms. The van der Waals surface area contributed by atoms with E-state index in [1.807, 2.05) is 0 Å². The second-order valence-corrected chi connectivity index (χ2v) is 4.11. The number of hydrogen-bond donors (Lipinski definition) is 3. The molecule has 0 heterocycles. The third kappa shape index (κ3) is 4.60. The van der Waals surface area contributed by atoms with Crippen LogP contribution >= 0.6 is 0 Å². The number of esters is 1. The van der Waals surface area contributed by atoms with Crippen molar-refractivity contribution in [2.45, 2.75) is 12.5 Å². The second-order valence-electron chi connectivity index (χ2n) is 4.11. The minimum atomic E-state index is -1.43. The molecule has 0 fully saturated rings. The molecule has 1 rings (SSSR count). The van der Waals surface area contributed by atoms with Gasteiger partial charge in [-0.15, -0.1) is 0 Å². The summed E-state index contributed by atoms with van der Waals surface area (Å²) < 4.78 is 4.52. The minimum Gasteiger partial charge on any atom is -0.480 e. The van der Waals surface area contributed by atoms with E-state index in [0.717, 1.165) is 0 Å². The van der Waals surface area contributed by atoms with E-state index in [4.69, 9.17) is 10.8 Å². The summed E-state index contributed by atoms with van der Waals surface area (Å²) in [6.45, 7) is 0. The largest absolute Gasteiger partial charge is 0.480 e. The first-order valence-corrected chi connectivity index (χ1v) is 5.85. The molecular formula is C13H14N2O6. The highest BCUT2D eigenvalue weighted by molar-refractivity contribution is 6.00. The Hall–Kier alpha value is -2.90. The fraction of sp³-hybridized carbons (Fsp3) is 0.231. The average molecular weight is 294 g/mol. The molecule has 2 amide bonds. The van der Waals surface area contributed by atoms with Crippen molar-refractivity contribution < 1.29 is 29.0 Å². The van der Waals surface area contributed by atoms with Gasteiger partial charge in [0.1, 0.15) is 6.04 Å². The van der Waals surface area contributed by atoms with Crippen molar-refractivity contribution in [3.05, 3.63) is 35.4 Å². The zero-order valence-electron chi connectivity index (χ0n) is 11.2. The van der Waals surface area contributed by atoms with Crippen molar-refractivity contribution >= 4 is 23.8 Å². The molecule has 0 aromatic heterocycles. The topological polar surface area (TPSA) is 136 Å². The quantitative estimate of drug-likeness (QED) is 0.607. The Morgan fingerprint density at radius 3 is 2.43 bits per heavy atom. The number of methoxy groups -OCH3 is 1. The summed E-state index contributed by atoms with van der Waals surface area (Å²) in [5.41, 5.74) is 5.12. The average Bonchev–Trinajstić information content (AvgIpc) is 2.45. The lowest BCUT2D eigenvalue weighted by Gasteiger charge is -2.13. The Morgan fingerprint density at radius 1 is 1.29 bits per heavy atom. The highest BCUT2D eigenvalue weighted by atomic mass is 16.5. The summed E-state index contributed by atoms with van der Waals surface area (Å²) >= 11 is 0. The van der Waals surface area contributed by atoms with E-state index in [0.29, 0.717) is 0 Å². The Labute approximate surface area is 119 Å². The van der Waals surface area contributed by atoms with Gasteiger partial charge in [-0.05, 0) is 18.2 Å². The SMILES string of the molecule is COC(=O)c1cccc(C(=O)NC(CC(N)=O)C(=O)O)c1. The Balaban J connectivity index is 2.90. The summed E-state index contributed by atoms with van der Waals surface area (Å²) in [5, 5.41) is 11.1. The third-order valence-corrected chi connectivity index (χ3v) is 2.55. The van der Waals surface area contributed by atoms with E-state index in [2.05, 4.69) is 10.1 Å². The number of ether oxygens (including phenoxy) is 1. The number of nitrogens with one attached hydrogen (secondary N) is 1. The maximum atomic E-state index is 11.9. The van der Waals surface area contributed by atoms with Gasteiger partial charge in [-0.3, -0.25) is 9.59 Å². The van der Waals surface area contributed by atoms with Crippen molar-refractivity contribution in [2.24, 2.45) is 5.73 Å². The molecule has 8 heteroatoms. The van der Waals surface area contributed by atoms with Crippen LogP contribution in [0.2, 0.25) is 0 Å². The monoisotopic (exact) mass is 294 g/mol. The number of carbonyl (C=O) groups is 4. The molecule has 0 saturated heterocycles. The van der Waals surface area contributed by atoms with E-state index >= 15 is 0 Å². The smallest absolute Gasteiger partial charge is 0.337 e. The first kappa shape index (κ1) is 16.2. The van der Waals surface area contributed by atoms with Crippen LogP contribution in [0.15, 0.2) is 24.3 Å². The Kier molecular flexibility index (Phi) is 5.41. The fourth-order valence-corrected chi connectivity index (χ4v) is 1.55. The van der Waals surface area contributed by atoms with Crippen LogP contribution in [0.3, 0.4) is 0 Å². The van der Waals surface area contributed by atoms with Crippen LogP contribution in [0.5, 0.6) is 0 Å². The van der Waals surface area contributed by atoms with E-state index in [9.17, 15) is 19.2 Å². The molecule has 1 aromatic carbocycles. The molecule has 4 N–H and O–H groups in total. The lowest BCUT2D eigenvalue weighted by Crippen LogP contribution is -2.43. The minimum absolute atomic E-state index is 0.0635. The molecule has 112 valence electrons. The molecule has 0 radical (unpaired) electrons. The number of nitrogens with two attached hydrogens (primary N) is 1. The number of rotatable bonds is 6. The number of amides is 2. The molecule has 21 heavy (non-hydrogen) atoms. The molecule has 0 aliphatic heterocycles. The van der Waals surface area contributed by atoms with Gasteiger partial charge >= 0.3 is 11.9 Å². The summed E-state index contributed by atoms with van der Waals surface area (Å²) in [6, 6.07) is 4.11. The van der Waals surface area contributed by atoms with Crippen LogP contribution in [-0.2, 0) is 14.3 Å². The standard InChI is InChI=1S/C13H14N2O6/c1-21-13(20)8-4-2-3-7(5-8)11(17)15-9(12(18)19)6-10(14)16/h2-5,9H,6H2,1H3,(H2,14,16)(H,15,17)(H,18,19). The summed E-state index contributed by atoms with van der Waals surface area (Å²) in [6.07, 6.45) is -0.530. The number of carboxylic acid groups (broad SMARTS) is 1. The van der Waals surface area contributed by atoms with E-state index in [1.165, 1.54) is 31.4 Å². The maximum Gasteiger partial charge on any atom is 0.337 e. The molecule has 0 bridgehead atoms. The van der Waals surface area contributed by atoms with Crippen LogP contribution in [0.4, 0.5) is 0 Å². The first-order chi connectivity index (χ1) is 9.85. The number of aliphatic carboxylic acids is 1. The zero-order valence-corrected chi connectivity index (χ0v) is 11.2. The Bertz CT molecular complexity index is 584. The molecule has 0 aliphatic carbocycles. The fourth-order valence-electron chi connectivity index (χ4n) is 1.55. The summed E-state index contributed by atoms with van der Waals surface area (Å²) in [7, 11) is 1.20. The van der Waals surface area contributed by atoms with Crippen LogP contribution in [0.1, 0.15) is 27.1 Å². The van der Waals surface area contributed by atoms with Crippen LogP contribution in [0, 0.1) is 0 Å². The van der Waals surface area contributed by atoms with Crippen molar-refractivity contribution in [1.82, 2.24) is 5.32 Å². The van der Waals surface area contributed by atoms with Crippen molar-refractivity contribution in [2.75, 3.05) is 7.11 Å². The van der Waals surface area contributed by atoms with Crippen molar-refractivity contribution in [3.8, 4) is 0 Å². The highest BCUT2D eigenvalue weighted by Gasteiger charge is 2.23. The third-order valence-electron chi connectivity index (χ3n) is 2.55. The van der Waals surface area contributed by atoms with Crippen LogP contribution in [0.25, 0.3) is 0 Å². The van der Waals surface area contributed by atoms with E-state index in [-0.39, 0.29) is 11.1 Å². The molecular weight excluding hydrogens is 280 g/mol. The summed E-state index contributed by atoms with van der Waals surface area (Å²) in [4.78, 5) is 45.0. The van der Waals surface area contributed by atoms with Gasteiger partial charge < -0.3 is 20.9 Å². The number of carbonyl (C=O) groups excluding carboxylic acids is 3. The predicted molar refractivity (Wildman–Crippen MR) is 70.5 cm³/mol. The number of carboxylic acids is 1. The normalized spacial score (nSPS) is 11.3. The number of benzene rings is 1. The zero-order chi connectivity index (χ0) is 16.0. The van der Waals surface area contributed by atoms with E-state index < -0.39 is 36.2 Å². The molecule has 0 saturated carbocycles. The van der Waals surface area contributed by atoms with Gasteiger partial charge in [0.15, 0.2) is 0 Å². The van der Waals surface area contributed by atoms with Gasteiger partial charge in [0.05, 0.1) is 19.1 Å². The maximum absolute atomic E-state index is 11.9. The molecule has 1 atom stereocenters.